The fourth-order valence-corrected chi connectivity index (χ4v) is 2.61. The van der Waals surface area contributed by atoms with Crippen molar-refractivity contribution < 1.29 is 9.53 Å². The first-order chi connectivity index (χ1) is 11.3. The lowest BCUT2D eigenvalue weighted by Crippen LogP contribution is -2.44. The summed E-state index contributed by atoms with van der Waals surface area (Å²) in [5.41, 5.74) is 1.14. The third kappa shape index (κ3) is 3.64. The number of likely N-dealkylation sites (tertiary alicyclic amines) is 1. The van der Waals surface area contributed by atoms with E-state index in [9.17, 15) is 4.79 Å². The van der Waals surface area contributed by atoms with Gasteiger partial charge in [0.25, 0.3) is 5.91 Å². The van der Waals surface area contributed by atoms with Crippen LogP contribution in [-0.4, -0.2) is 40.0 Å². The second kappa shape index (κ2) is 6.88. The molecule has 1 fully saturated rings. The minimum absolute atomic E-state index is 0.0144. The zero-order valence-electron chi connectivity index (χ0n) is 12.6. The highest BCUT2D eigenvalue weighted by atomic mass is 16.5. The molecule has 0 N–H and O–H groups in total. The average molecular weight is 308 g/mol. The monoisotopic (exact) mass is 308 g/mol. The molecule has 1 saturated heterocycles. The van der Waals surface area contributed by atoms with Gasteiger partial charge in [0, 0.05) is 36.8 Å². The molecule has 1 atom stereocenters. The fourth-order valence-electron chi connectivity index (χ4n) is 2.61. The molecular formula is C17H16N4O2. The van der Waals surface area contributed by atoms with E-state index < -0.39 is 0 Å². The van der Waals surface area contributed by atoms with E-state index in [-0.39, 0.29) is 12.0 Å². The molecule has 0 unspecified atom stereocenters. The standard InChI is InChI=1S/C17H16N4O2/c18-11-13-3-8-20-16(10-13)23-15-2-1-9-21(12-15)17(22)14-4-6-19-7-5-14/h3-8,10,15H,1-2,9,12H2/t15-/m1/s1. The van der Waals surface area contributed by atoms with E-state index in [1.54, 1.807) is 47.8 Å². The first-order valence-electron chi connectivity index (χ1n) is 7.48. The van der Waals surface area contributed by atoms with E-state index >= 15 is 0 Å². The van der Waals surface area contributed by atoms with Gasteiger partial charge in [-0.2, -0.15) is 5.26 Å². The number of ether oxygens (including phenoxy) is 1. The Morgan fingerprint density at radius 3 is 2.91 bits per heavy atom. The maximum Gasteiger partial charge on any atom is 0.254 e. The summed E-state index contributed by atoms with van der Waals surface area (Å²) in [5, 5.41) is 8.92. The van der Waals surface area contributed by atoms with Crippen LogP contribution in [-0.2, 0) is 0 Å². The van der Waals surface area contributed by atoms with Gasteiger partial charge in [0.15, 0.2) is 0 Å². The Hall–Kier alpha value is -2.94. The van der Waals surface area contributed by atoms with E-state index in [0.717, 1.165) is 12.8 Å². The second-order valence-corrected chi connectivity index (χ2v) is 5.36. The normalized spacial score (nSPS) is 17.3. The zero-order valence-corrected chi connectivity index (χ0v) is 12.6. The summed E-state index contributed by atoms with van der Waals surface area (Å²) in [6, 6.07) is 8.74. The zero-order chi connectivity index (χ0) is 16.1. The van der Waals surface area contributed by atoms with Crippen LogP contribution in [0.2, 0.25) is 0 Å². The Bertz CT molecular complexity index is 727. The number of rotatable bonds is 3. The summed E-state index contributed by atoms with van der Waals surface area (Å²) in [7, 11) is 0. The highest BCUT2D eigenvalue weighted by molar-refractivity contribution is 5.94. The largest absolute Gasteiger partial charge is 0.472 e. The van der Waals surface area contributed by atoms with Gasteiger partial charge >= 0.3 is 0 Å². The first kappa shape index (κ1) is 15.0. The van der Waals surface area contributed by atoms with E-state index in [0.29, 0.717) is 30.1 Å². The summed E-state index contributed by atoms with van der Waals surface area (Å²) in [6.07, 6.45) is 6.40. The van der Waals surface area contributed by atoms with Crippen molar-refractivity contribution in [3.05, 3.63) is 54.0 Å². The fraction of sp³-hybridized carbons (Fsp3) is 0.294. The lowest BCUT2D eigenvalue weighted by atomic mass is 10.1. The van der Waals surface area contributed by atoms with Crippen LogP contribution in [0, 0.1) is 11.3 Å². The number of nitriles is 1. The van der Waals surface area contributed by atoms with Gasteiger partial charge in [0.2, 0.25) is 5.88 Å². The van der Waals surface area contributed by atoms with Crippen LogP contribution >= 0.6 is 0 Å². The second-order valence-electron chi connectivity index (χ2n) is 5.36. The number of carbonyl (C=O) groups excluding carboxylic acids is 1. The van der Waals surface area contributed by atoms with Gasteiger partial charge in [0.1, 0.15) is 6.10 Å². The first-order valence-corrected chi connectivity index (χ1v) is 7.48. The van der Waals surface area contributed by atoms with Crippen LogP contribution in [0.5, 0.6) is 5.88 Å². The highest BCUT2D eigenvalue weighted by Gasteiger charge is 2.26. The van der Waals surface area contributed by atoms with Gasteiger partial charge in [-0.1, -0.05) is 0 Å². The summed E-state index contributed by atoms with van der Waals surface area (Å²) < 4.78 is 5.85. The van der Waals surface area contributed by atoms with Crippen molar-refractivity contribution in [3.8, 4) is 11.9 Å². The molecule has 2 aromatic heterocycles. The molecule has 6 nitrogen and oxygen atoms in total. The highest BCUT2D eigenvalue weighted by Crippen LogP contribution is 2.19. The van der Waals surface area contributed by atoms with Crippen LogP contribution in [0.3, 0.4) is 0 Å². The molecule has 0 aromatic carbocycles. The maximum absolute atomic E-state index is 12.5. The molecule has 0 bridgehead atoms. The number of hydrogen-bond donors (Lipinski definition) is 0. The Labute approximate surface area is 134 Å². The van der Waals surface area contributed by atoms with Crippen LogP contribution in [0.4, 0.5) is 0 Å². The molecule has 0 saturated carbocycles. The number of nitrogens with zero attached hydrogens (tertiary/aromatic N) is 4. The number of pyridine rings is 2. The summed E-state index contributed by atoms with van der Waals surface area (Å²) in [5.74, 6) is 0.409. The summed E-state index contributed by atoms with van der Waals surface area (Å²) >= 11 is 0. The Kier molecular flexibility index (Phi) is 4.48. The third-order valence-corrected chi connectivity index (χ3v) is 3.74. The van der Waals surface area contributed by atoms with E-state index in [2.05, 4.69) is 16.0 Å². The van der Waals surface area contributed by atoms with Crippen molar-refractivity contribution in [1.29, 1.82) is 5.26 Å². The molecule has 116 valence electrons. The van der Waals surface area contributed by atoms with E-state index in [1.807, 2.05) is 0 Å². The predicted molar refractivity (Wildman–Crippen MR) is 82.7 cm³/mol. The predicted octanol–water partition coefficient (Wildman–Crippen LogP) is 2.03. The minimum Gasteiger partial charge on any atom is -0.472 e. The third-order valence-electron chi connectivity index (χ3n) is 3.74. The summed E-state index contributed by atoms with van der Waals surface area (Å²) in [6.45, 7) is 1.23. The SMILES string of the molecule is N#Cc1ccnc(O[C@@H]2CCCN(C(=O)c3ccncc3)C2)c1. The van der Waals surface area contributed by atoms with Gasteiger partial charge in [-0.15, -0.1) is 0 Å². The van der Waals surface area contributed by atoms with Crippen molar-refractivity contribution in [2.24, 2.45) is 0 Å². The number of amides is 1. The molecule has 2 aromatic rings. The van der Waals surface area contributed by atoms with Gasteiger partial charge in [-0.3, -0.25) is 9.78 Å². The van der Waals surface area contributed by atoms with E-state index in [4.69, 9.17) is 10.00 Å². The molecule has 23 heavy (non-hydrogen) atoms. The topological polar surface area (TPSA) is 79.1 Å². The molecule has 3 heterocycles. The smallest absolute Gasteiger partial charge is 0.254 e. The van der Waals surface area contributed by atoms with Crippen LogP contribution in [0.1, 0.15) is 28.8 Å². The average Bonchev–Trinajstić information content (AvgIpc) is 2.62. The molecule has 0 spiro atoms. The molecule has 1 aliphatic heterocycles. The Morgan fingerprint density at radius 2 is 2.13 bits per heavy atom. The minimum atomic E-state index is -0.115. The lowest BCUT2D eigenvalue weighted by molar-refractivity contribution is 0.0527. The maximum atomic E-state index is 12.5. The number of piperidine rings is 1. The van der Waals surface area contributed by atoms with Crippen LogP contribution in [0.15, 0.2) is 42.9 Å². The van der Waals surface area contributed by atoms with Crippen molar-refractivity contribution >= 4 is 5.91 Å². The Balaban J connectivity index is 1.66. The molecule has 3 rings (SSSR count). The van der Waals surface area contributed by atoms with Gasteiger partial charge in [-0.25, -0.2) is 4.98 Å². The van der Waals surface area contributed by atoms with Crippen molar-refractivity contribution in [1.82, 2.24) is 14.9 Å². The van der Waals surface area contributed by atoms with Crippen LogP contribution < -0.4 is 4.74 Å². The number of hydrogen-bond acceptors (Lipinski definition) is 5. The van der Waals surface area contributed by atoms with Gasteiger partial charge < -0.3 is 9.64 Å². The van der Waals surface area contributed by atoms with E-state index in [1.165, 1.54) is 0 Å². The lowest BCUT2D eigenvalue weighted by Gasteiger charge is -2.32. The van der Waals surface area contributed by atoms with Crippen molar-refractivity contribution in [2.45, 2.75) is 18.9 Å². The Morgan fingerprint density at radius 1 is 1.30 bits per heavy atom. The van der Waals surface area contributed by atoms with Gasteiger partial charge in [0.05, 0.1) is 18.2 Å². The molecule has 1 aliphatic rings. The number of carbonyl (C=O) groups is 1. The summed E-state index contributed by atoms with van der Waals surface area (Å²) in [4.78, 5) is 22.3. The van der Waals surface area contributed by atoms with Crippen molar-refractivity contribution in [3.63, 3.8) is 0 Å². The van der Waals surface area contributed by atoms with Crippen LogP contribution in [0.25, 0.3) is 0 Å². The molecule has 1 amide bonds. The van der Waals surface area contributed by atoms with Crippen molar-refractivity contribution in [2.75, 3.05) is 13.1 Å². The van der Waals surface area contributed by atoms with Gasteiger partial charge in [-0.05, 0) is 31.0 Å². The molecule has 0 aliphatic carbocycles. The molecular weight excluding hydrogens is 292 g/mol. The quantitative estimate of drug-likeness (QED) is 0.867. The molecule has 6 heteroatoms. The number of aromatic nitrogens is 2. The molecule has 0 radical (unpaired) electrons.